The van der Waals surface area contributed by atoms with Crippen molar-refractivity contribution in [1.29, 1.82) is 0 Å². The Morgan fingerprint density at radius 2 is 2.00 bits per heavy atom. The average Bonchev–Trinajstić information content (AvgIpc) is 2.21. The second-order valence-corrected chi connectivity index (χ2v) is 3.72. The van der Waals surface area contributed by atoms with Crippen LogP contribution in [-0.2, 0) is 14.3 Å². The summed E-state index contributed by atoms with van der Waals surface area (Å²) in [6.45, 7) is 3.29. The van der Waals surface area contributed by atoms with Gasteiger partial charge in [-0.2, -0.15) is 0 Å². The number of hydrogen-bond acceptors (Lipinski definition) is 3. The van der Waals surface area contributed by atoms with E-state index in [4.69, 9.17) is 16.3 Å². The number of carbonyl (C=O) groups excluding carboxylic acids is 2. The molecule has 0 radical (unpaired) electrons. The number of carbonyl (C=O) groups is 2. The first-order valence-electron chi connectivity index (χ1n) is 4.99. The third-order valence-corrected chi connectivity index (χ3v) is 2.49. The van der Waals surface area contributed by atoms with E-state index in [0.717, 1.165) is 0 Å². The Balaban J connectivity index is 3.08. The van der Waals surface area contributed by atoms with Crippen LogP contribution in [0.15, 0.2) is 24.3 Å². The van der Waals surface area contributed by atoms with Gasteiger partial charge < -0.3 is 4.74 Å². The van der Waals surface area contributed by atoms with Crippen LogP contribution in [0, 0.1) is 0 Å². The molecule has 0 spiro atoms. The van der Waals surface area contributed by atoms with E-state index in [9.17, 15) is 9.59 Å². The summed E-state index contributed by atoms with van der Waals surface area (Å²) in [5.74, 6) is -1.75. The molecular formula is C12H13ClO3. The first kappa shape index (κ1) is 12.7. The van der Waals surface area contributed by atoms with E-state index in [2.05, 4.69) is 0 Å². The fourth-order valence-corrected chi connectivity index (χ4v) is 1.69. The van der Waals surface area contributed by atoms with Crippen molar-refractivity contribution in [2.45, 2.75) is 19.8 Å². The molecule has 0 saturated carbocycles. The van der Waals surface area contributed by atoms with Crippen LogP contribution >= 0.6 is 11.6 Å². The first-order chi connectivity index (χ1) is 7.57. The van der Waals surface area contributed by atoms with Gasteiger partial charge in [-0.15, -0.1) is 0 Å². The maximum absolute atomic E-state index is 11.6. The Kier molecular flexibility index (Phi) is 4.50. The quantitative estimate of drug-likeness (QED) is 0.600. The van der Waals surface area contributed by atoms with Gasteiger partial charge in [0.2, 0.25) is 0 Å². The molecule has 0 aliphatic carbocycles. The van der Waals surface area contributed by atoms with Gasteiger partial charge in [0.15, 0.2) is 0 Å². The maximum Gasteiger partial charge on any atom is 0.321 e. The summed E-state index contributed by atoms with van der Waals surface area (Å²) in [7, 11) is 0. The molecule has 0 saturated heterocycles. The Labute approximate surface area is 99.4 Å². The lowest BCUT2D eigenvalue weighted by Crippen LogP contribution is -2.22. The van der Waals surface area contributed by atoms with Crippen molar-refractivity contribution in [3.8, 4) is 0 Å². The van der Waals surface area contributed by atoms with Crippen molar-refractivity contribution < 1.29 is 14.3 Å². The minimum atomic E-state index is -0.923. The van der Waals surface area contributed by atoms with Crippen LogP contribution < -0.4 is 0 Å². The highest BCUT2D eigenvalue weighted by Gasteiger charge is 2.28. The highest BCUT2D eigenvalue weighted by molar-refractivity contribution is 6.32. The second-order valence-electron chi connectivity index (χ2n) is 3.32. The molecule has 0 bridgehead atoms. The van der Waals surface area contributed by atoms with E-state index in [1.54, 1.807) is 31.2 Å². The largest absolute Gasteiger partial charge is 0.465 e. The minimum Gasteiger partial charge on any atom is -0.465 e. The van der Waals surface area contributed by atoms with Crippen molar-refractivity contribution in [3.63, 3.8) is 0 Å². The molecule has 1 rings (SSSR count). The highest BCUT2D eigenvalue weighted by Crippen LogP contribution is 2.26. The number of esters is 1. The van der Waals surface area contributed by atoms with Gasteiger partial charge in [0, 0.05) is 5.02 Å². The molecule has 0 aromatic heterocycles. The molecule has 0 amide bonds. The summed E-state index contributed by atoms with van der Waals surface area (Å²) in [4.78, 5) is 23.1. The van der Waals surface area contributed by atoms with Crippen molar-refractivity contribution in [2.75, 3.05) is 6.61 Å². The van der Waals surface area contributed by atoms with Crippen LogP contribution in [0.2, 0.25) is 5.02 Å². The highest BCUT2D eigenvalue weighted by atomic mass is 35.5. The fourth-order valence-electron chi connectivity index (χ4n) is 1.45. The Morgan fingerprint density at radius 1 is 1.38 bits per heavy atom. The number of benzene rings is 1. The first-order valence-corrected chi connectivity index (χ1v) is 5.37. The number of rotatable bonds is 4. The van der Waals surface area contributed by atoms with Gasteiger partial charge in [0.05, 0.1) is 6.61 Å². The molecule has 0 aliphatic rings. The van der Waals surface area contributed by atoms with E-state index >= 15 is 0 Å². The molecule has 0 N–H and O–H groups in total. The SMILES string of the molecule is CCOC(=O)C(C(C)=O)c1ccccc1Cl. The van der Waals surface area contributed by atoms with E-state index in [-0.39, 0.29) is 12.4 Å². The molecule has 3 nitrogen and oxygen atoms in total. The van der Waals surface area contributed by atoms with Gasteiger partial charge >= 0.3 is 5.97 Å². The summed E-state index contributed by atoms with van der Waals surface area (Å²) >= 11 is 5.95. The third kappa shape index (κ3) is 2.83. The lowest BCUT2D eigenvalue weighted by atomic mass is 9.95. The molecular weight excluding hydrogens is 228 g/mol. The van der Waals surface area contributed by atoms with Crippen molar-refractivity contribution in [1.82, 2.24) is 0 Å². The Hall–Kier alpha value is -1.35. The molecule has 0 fully saturated rings. The molecule has 0 aliphatic heterocycles. The zero-order valence-corrected chi connectivity index (χ0v) is 9.95. The standard InChI is InChI=1S/C12H13ClO3/c1-3-16-12(15)11(8(2)14)9-6-4-5-7-10(9)13/h4-7,11H,3H2,1-2H3. The number of halogens is 1. The van der Waals surface area contributed by atoms with Gasteiger partial charge in [-0.3, -0.25) is 9.59 Å². The Bertz CT molecular complexity index is 401. The second kappa shape index (κ2) is 5.66. The van der Waals surface area contributed by atoms with E-state index < -0.39 is 11.9 Å². The molecule has 4 heteroatoms. The zero-order chi connectivity index (χ0) is 12.1. The number of hydrogen-bond donors (Lipinski definition) is 0. The monoisotopic (exact) mass is 240 g/mol. The van der Waals surface area contributed by atoms with Crippen LogP contribution in [0.3, 0.4) is 0 Å². The summed E-state index contributed by atoms with van der Waals surface area (Å²) in [6.07, 6.45) is 0. The number of ether oxygens (including phenoxy) is 1. The van der Waals surface area contributed by atoms with E-state index in [1.807, 2.05) is 0 Å². The van der Waals surface area contributed by atoms with E-state index in [0.29, 0.717) is 10.6 Å². The zero-order valence-electron chi connectivity index (χ0n) is 9.20. The molecule has 16 heavy (non-hydrogen) atoms. The molecule has 0 heterocycles. The van der Waals surface area contributed by atoms with Crippen LogP contribution in [0.4, 0.5) is 0 Å². The van der Waals surface area contributed by atoms with Crippen molar-refractivity contribution in [2.24, 2.45) is 0 Å². The maximum atomic E-state index is 11.6. The van der Waals surface area contributed by atoms with Gasteiger partial charge in [-0.25, -0.2) is 0 Å². The van der Waals surface area contributed by atoms with Crippen LogP contribution in [0.25, 0.3) is 0 Å². The van der Waals surface area contributed by atoms with Crippen molar-refractivity contribution in [3.05, 3.63) is 34.9 Å². The molecule has 1 atom stereocenters. The predicted molar refractivity (Wildman–Crippen MR) is 61.5 cm³/mol. The topological polar surface area (TPSA) is 43.4 Å². The summed E-state index contributed by atoms with van der Waals surface area (Å²) in [6, 6.07) is 6.78. The van der Waals surface area contributed by atoms with Crippen LogP contribution in [-0.4, -0.2) is 18.4 Å². The number of Topliss-reactive ketones (excluding diaryl/α,β-unsaturated/α-hetero) is 1. The van der Waals surface area contributed by atoms with Crippen molar-refractivity contribution >= 4 is 23.4 Å². The molecule has 1 aromatic carbocycles. The average molecular weight is 241 g/mol. The smallest absolute Gasteiger partial charge is 0.321 e. The number of ketones is 1. The van der Waals surface area contributed by atoms with Crippen LogP contribution in [0.5, 0.6) is 0 Å². The van der Waals surface area contributed by atoms with Gasteiger partial charge in [-0.05, 0) is 25.5 Å². The van der Waals surface area contributed by atoms with Gasteiger partial charge in [-0.1, -0.05) is 29.8 Å². The lowest BCUT2D eigenvalue weighted by Gasteiger charge is -2.13. The summed E-state index contributed by atoms with van der Waals surface area (Å²) in [5.41, 5.74) is 0.495. The van der Waals surface area contributed by atoms with E-state index in [1.165, 1.54) is 6.92 Å². The Morgan fingerprint density at radius 3 is 2.50 bits per heavy atom. The van der Waals surface area contributed by atoms with Gasteiger partial charge in [0.25, 0.3) is 0 Å². The fraction of sp³-hybridized carbons (Fsp3) is 0.333. The molecule has 1 aromatic rings. The molecule has 86 valence electrons. The minimum absolute atomic E-state index is 0.243. The lowest BCUT2D eigenvalue weighted by molar-refractivity contribution is -0.147. The normalized spacial score (nSPS) is 11.9. The summed E-state index contributed by atoms with van der Waals surface area (Å²) in [5, 5.41) is 0.399. The molecule has 1 unspecified atom stereocenters. The van der Waals surface area contributed by atoms with Crippen LogP contribution in [0.1, 0.15) is 25.3 Å². The summed E-state index contributed by atoms with van der Waals surface area (Å²) < 4.78 is 4.86. The predicted octanol–water partition coefficient (Wildman–Crippen LogP) is 2.58. The third-order valence-electron chi connectivity index (χ3n) is 2.15. The van der Waals surface area contributed by atoms with Gasteiger partial charge in [0.1, 0.15) is 11.7 Å².